The summed E-state index contributed by atoms with van der Waals surface area (Å²) in [6.07, 6.45) is 0.973. The third kappa shape index (κ3) is 2.47. The molecule has 2 aromatic heterocycles. The molecule has 6 nitrogen and oxygen atoms in total. The molecule has 1 unspecified atom stereocenters. The molecule has 2 heterocycles. The number of aromatic amines is 1. The molecule has 6 heteroatoms. The average Bonchev–Trinajstić information content (AvgIpc) is 3.03. The lowest BCUT2D eigenvalue weighted by Gasteiger charge is -2.04. The molecule has 22 heavy (non-hydrogen) atoms. The molecular formula is C16H19N5O. The van der Waals surface area contributed by atoms with E-state index in [-0.39, 0.29) is 5.91 Å². The second-order valence-corrected chi connectivity index (χ2v) is 5.44. The van der Waals surface area contributed by atoms with Crippen molar-refractivity contribution in [3.63, 3.8) is 0 Å². The molecule has 0 saturated heterocycles. The number of benzene rings is 1. The van der Waals surface area contributed by atoms with Gasteiger partial charge in [-0.15, -0.1) is 9.73 Å². The van der Waals surface area contributed by atoms with Crippen molar-refractivity contribution in [2.45, 2.75) is 33.1 Å². The van der Waals surface area contributed by atoms with Gasteiger partial charge in [0.05, 0.1) is 5.69 Å². The molecule has 2 N–H and O–H groups in total. The van der Waals surface area contributed by atoms with E-state index in [2.05, 4.69) is 34.3 Å². The van der Waals surface area contributed by atoms with Gasteiger partial charge in [0.2, 0.25) is 0 Å². The molecule has 1 amide bonds. The molecular weight excluding hydrogens is 278 g/mol. The fraction of sp³-hybridized carbons (Fsp3) is 0.312. The largest absolute Gasteiger partial charge is 0.324 e. The summed E-state index contributed by atoms with van der Waals surface area (Å²) in [5.74, 6) is 0.962. The Morgan fingerprint density at radius 3 is 2.73 bits per heavy atom. The van der Waals surface area contributed by atoms with Crippen LogP contribution in [0.1, 0.15) is 48.1 Å². The number of nitrogens with one attached hydrogen (secondary N) is 2. The fourth-order valence-corrected chi connectivity index (χ4v) is 2.35. The van der Waals surface area contributed by atoms with Gasteiger partial charge < -0.3 is 10.3 Å². The SMILES string of the molecule is CCC(C)c1nn2nc(C)c(C(=O)Nc3ccccc3)c2[nH]1. The molecule has 0 fully saturated rings. The number of hydrogen-bond acceptors (Lipinski definition) is 3. The van der Waals surface area contributed by atoms with E-state index in [0.717, 1.165) is 17.9 Å². The first-order valence-corrected chi connectivity index (χ1v) is 7.42. The molecule has 0 aliphatic rings. The minimum absolute atomic E-state index is 0.182. The van der Waals surface area contributed by atoms with Crippen molar-refractivity contribution in [2.24, 2.45) is 0 Å². The lowest BCUT2D eigenvalue weighted by Crippen LogP contribution is -2.13. The number of carbonyl (C=O) groups excluding carboxylic acids is 1. The van der Waals surface area contributed by atoms with Crippen LogP contribution in [0.15, 0.2) is 30.3 Å². The molecule has 0 aliphatic carbocycles. The normalized spacial score (nSPS) is 12.5. The number of nitrogens with zero attached hydrogens (tertiary/aromatic N) is 3. The summed E-state index contributed by atoms with van der Waals surface area (Å²) >= 11 is 0. The molecule has 0 radical (unpaired) electrons. The van der Waals surface area contributed by atoms with E-state index in [4.69, 9.17) is 0 Å². The topological polar surface area (TPSA) is 75.1 Å². The monoisotopic (exact) mass is 297 g/mol. The Labute approximate surface area is 128 Å². The highest BCUT2D eigenvalue weighted by Gasteiger charge is 2.21. The summed E-state index contributed by atoms with van der Waals surface area (Å²) in [5, 5.41) is 11.6. The van der Waals surface area contributed by atoms with Crippen LogP contribution in [0.5, 0.6) is 0 Å². The van der Waals surface area contributed by atoms with Crippen molar-refractivity contribution in [1.29, 1.82) is 0 Å². The number of fused-ring (bicyclic) bond motifs is 1. The molecule has 0 aliphatic heterocycles. The summed E-state index contributed by atoms with van der Waals surface area (Å²) in [6, 6.07) is 9.38. The Balaban J connectivity index is 1.96. The Hall–Kier alpha value is -2.63. The Kier molecular flexibility index (Phi) is 3.66. The lowest BCUT2D eigenvalue weighted by atomic mass is 10.1. The van der Waals surface area contributed by atoms with E-state index in [9.17, 15) is 4.79 Å². The smallest absolute Gasteiger partial charge is 0.261 e. The van der Waals surface area contributed by atoms with E-state index in [1.165, 1.54) is 4.63 Å². The molecule has 114 valence electrons. The highest BCUT2D eigenvalue weighted by Crippen LogP contribution is 2.20. The van der Waals surface area contributed by atoms with Gasteiger partial charge in [-0.05, 0) is 25.5 Å². The number of amides is 1. The third-order valence-corrected chi connectivity index (χ3v) is 3.83. The highest BCUT2D eigenvalue weighted by molar-refractivity contribution is 6.09. The van der Waals surface area contributed by atoms with E-state index in [0.29, 0.717) is 22.8 Å². The second kappa shape index (κ2) is 5.63. The number of H-pyrrole nitrogens is 1. The van der Waals surface area contributed by atoms with Crippen LogP contribution in [0.2, 0.25) is 0 Å². The predicted octanol–water partition coefficient (Wildman–Crippen LogP) is 3.13. The van der Waals surface area contributed by atoms with Gasteiger partial charge in [0.15, 0.2) is 5.65 Å². The number of aromatic nitrogens is 4. The van der Waals surface area contributed by atoms with Crippen LogP contribution in [-0.2, 0) is 0 Å². The minimum Gasteiger partial charge on any atom is -0.324 e. The van der Waals surface area contributed by atoms with E-state index in [1.807, 2.05) is 37.3 Å². The Morgan fingerprint density at radius 2 is 2.05 bits per heavy atom. The minimum atomic E-state index is -0.182. The summed E-state index contributed by atoms with van der Waals surface area (Å²) in [6.45, 7) is 6.00. The first-order chi connectivity index (χ1) is 10.6. The number of para-hydroxylation sites is 1. The van der Waals surface area contributed by atoms with Gasteiger partial charge in [0, 0.05) is 11.6 Å². The van der Waals surface area contributed by atoms with Crippen molar-refractivity contribution in [3.05, 3.63) is 47.4 Å². The first-order valence-electron chi connectivity index (χ1n) is 7.42. The lowest BCUT2D eigenvalue weighted by molar-refractivity contribution is 0.102. The van der Waals surface area contributed by atoms with Crippen molar-refractivity contribution >= 4 is 17.2 Å². The Bertz CT molecular complexity index is 803. The fourth-order valence-electron chi connectivity index (χ4n) is 2.35. The van der Waals surface area contributed by atoms with Crippen molar-refractivity contribution in [1.82, 2.24) is 19.8 Å². The molecule has 3 rings (SSSR count). The van der Waals surface area contributed by atoms with E-state index >= 15 is 0 Å². The van der Waals surface area contributed by atoms with E-state index < -0.39 is 0 Å². The van der Waals surface area contributed by atoms with Gasteiger partial charge in [0.25, 0.3) is 5.91 Å². The maximum atomic E-state index is 12.5. The number of anilines is 1. The summed E-state index contributed by atoms with van der Waals surface area (Å²) < 4.78 is 1.51. The molecule has 0 saturated carbocycles. The van der Waals surface area contributed by atoms with Crippen molar-refractivity contribution < 1.29 is 4.79 Å². The third-order valence-electron chi connectivity index (χ3n) is 3.83. The molecule has 1 atom stereocenters. The van der Waals surface area contributed by atoms with Gasteiger partial charge in [-0.3, -0.25) is 4.79 Å². The van der Waals surface area contributed by atoms with Gasteiger partial charge >= 0.3 is 0 Å². The zero-order valence-corrected chi connectivity index (χ0v) is 12.9. The van der Waals surface area contributed by atoms with Crippen LogP contribution in [0, 0.1) is 6.92 Å². The van der Waals surface area contributed by atoms with Crippen molar-refractivity contribution in [3.8, 4) is 0 Å². The predicted molar refractivity (Wildman–Crippen MR) is 85.2 cm³/mol. The maximum Gasteiger partial charge on any atom is 0.261 e. The molecule has 0 bridgehead atoms. The van der Waals surface area contributed by atoms with Gasteiger partial charge in [-0.1, -0.05) is 32.0 Å². The van der Waals surface area contributed by atoms with Crippen LogP contribution < -0.4 is 5.32 Å². The van der Waals surface area contributed by atoms with Crippen LogP contribution in [0.25, 0.3) is 5.65 Å². The zero-order chi connectivity index (χ0) is 15.7. The molecule has 3 aromatic rings. The van der Waals surface area contributed by atoms with Gasteiger partial charge in [-0.2, -0.15) is 5.10 Å². The van der Waals surface area contributed by atoms with E-state index in [1.54, 1.807) is 0 Å². The van der Waals surface area contributed by atoms with Crippen LogP contribution >= 0.6 is 0 Å². The highest BCUT2D eigenvalue weighted by atomic mass is 16.1. The van der Waals surface area contributed by atoms with Crippen LogP contribution in [-0.4, -0.2) is 25.7 Å². The zero-order valence-electron chi connectivity index (χ0n) is 12.9. The standard InChI is InChI=1S/C16H19N5O/c1-4-10(2)14-18-15-13(11(3)19-21(15)20-14)16(22)17-12-8-6-5-7-9-12/h5-10H,4H2,1-3H3,(H,17,22)(H,18,20). The van der Waals surface area contributed by atoms with Crippen molar-refractivity contribution in [2.75, 3.05) is 5.32 Å². The maximum absolute atomic E-state index is 12.5. The summed E-state index contributed by atoms with van der Waals surface area (Å²) in [4.78, 5) is 15.8. The Morgan fingerprint density at radius 1 is 1.32 bits per heavy atom. The average molecular weight is 297 g/mol. The number of rotatable bonds is 4. The quantitative estimate of drug-likeness (QED) is 0.777. The summed E-state index contributed by atoms with van der Waals surface area (Å²) in [5.41, 5.74) is 2.59. The number of hydrogen-bond donors (Lipinski definition) is 2. The second-order valence-electron chi connectivity index (χ2n) is 5.44. The number of aryl methyl sites for hydroxylation is 1. The first kappa shape index (κ1) is 14.3. The van der Waals surface area contributed by atoms with Crippen LogP contribution in [0.4, 0.5) is 5.69 Å². The van der Waals surface area contributed by atoms with Gasteiger partial charge in [-0.25, -0.2) is 0 Å². The molecule has 1 aromatic carbocycles. The molecule has 0 spiro atoms. The van der Waals surface area contributed by atoms with Gasteiger partial charge in [0.1, 0.15) is 11.4 Å². The van der Waals surface area contributed by atoms with Crippen LogP contribution in [0.3, 0.4) is 0 Å². The number of carbonyl (C=O) groups is 1. The summed E-state index contributed by atoms with van der Waals surface area (Å²) in [7, 11) is 0.